The number of aliphatic imine (C=N–C) groups is 1. The van der Waals surface area contributed by atoms with E-state index in [1.807, 2.05) is 6.20 Å². The Balaban J connectivity index is 1.93. The van der Waals surface area contributed by atoms with Crippen LogP contribution in [0.5, 0.6) is 0 Å². The summed E-state index contributed by atoms with van der Waals surface area (Å²) in [6, 6.07) is 0.418. The Hall–Kier alpha value is -1.94. The molecule has 19 heavy (non-hydrogen) atoms. The van der Waals surface area contributed by atoms with Gasteiger partial charge in [-0.25, -0.2) is 4.79 Å². The van der Waals surface area contributed by atoms with Crippen molar-refractivity contribution in [3.8, 4) is 0 Å². The molecule has 1 fully saturated rings. The third-order valence-electron chi connectivity index (χ3n) is 3.84. The number of methoxy groups -OCH3 is 1. The van der Waals surface area contributed by atoms with Gasteiger partial charge in [-0.3, -0.25) is 4.99 Å². The van der Waals surface area contributed by atoms with Crippen LogP contribution in [0.25, 0.3) is 0 Å². The van der Waals surface area contributed by atoms with E-state index >= 15 is 0 Å². The molecule has 0 aromatic heterocycles. The predicted octanol–water partition coefficient (Wildman–Crippen LogP) is 1.38. The lowest BCUT2D eigenvalue weighted by atomic mass is 9.83. The van der Waals surface area contributed by atoms with Gasteiger partial charge in [0.05, 0.1) is 7.11 Å². The summed E-state index contributed by atoms with van der Waals surface area (Å²) in [6.45, 7) is 0. The predicted molar refractivity (Wildman–Crippen MR) is 73.7 cm³/mol. The van der Waals surface area contributed by atoms with Crippen molar-refractivity contribution < 1.29 is 9.53 Å². The van der Waals surface area contributed by atoms with Crippen LogP contribution >= 0.6 is 0 Å². The Kier molecular flexibility index (Phi) is 3.17. The summed E-state index contributed by atoms with van der Waals surface area (Å²) in [4.78, 5) is 15.7. The number of carbonyl (C=O) groups is 1. The van der Waals surface area contributed by atoms with E-state index in [0.29, 0.717) is 17.9 Å². The number of nitrogens with one attached hydrogen (secondary N) is 1. The minimum Gasteiger partial charge on any atom is -0.466 e. The fourth-order valence-electron chi connectivity index (χ4n) is 2.94. The molecule has 0 radical (unpaired) electrons. The average Bonchev–Trinajstić information content (AvgIpc) is 2.70. The van der Waals surface area contributed by atoms with Crippen molar-refractivity contribution in [2.24, 2.45) is 16.8 Å². The van der Waals surface area contributed by atoms with Crippen LogP contribution in [0, 0.1) is 11.8 Å². The Morgan fingerprint density at radius 2 is 2.16 bits per heavy atom. The molecule has 2 heterocycles. The highest BCUT2D eigenvalue weighted by Gasteiger charge is 2.41. The molecular weight excluding hydrogens is 240 g/mol. The first kappa shape index (κ1) is 12.1. The summed E-state index contributed by atoms with van der Waals surface area (Å²) in [7, 11) is 1.39. The molecule has 4 heteroatoms. The van der Waals surface area contributed by atoms with Crippen LogP contribution in [0.3, 0.4) is 0 Å². The summed E-state index contributed by atoms with van der Waals surface area (Å²) >= 11 is 0. The van der Waals surface area contributed by atoms with E-state index in [1.54, 1.807) is 6.21 Å². The van der Waals surface area contributed by atoms with Gasteiger partial charge in [-0.05, 0) is 5.57 Å². The molecular formula is C15H16N2O2. The zero-order valence-electron chi connectivity index (χ0n) is 10.7. The van der Waals surface area contributed by atoms with E-state index in [2.05, 4.69) is 40.7 Å². The molecule has 98 valence electrons. The van der Waals surface area contributed by atoms with E-state index in [9.17, 15) is 4.79 Å². The van der Waals surface area contributed by atoms with Crippen molar-refractivity contribution in [1.29, 1.82) is 0 Å². The second-order valence-corrected chi connectivity index (χ2v) is 4.88. The van der Waals surface area contributed by atoms with Crippen molar-refractivity contribution in [3.05, 3.63) is 48.2 Å². The van der Waals surface area contributed by atoms with Crippen molar-refractivity contribution in [2.75, 3.05) is 7.11 Å². The molecule has 3 rings (SSSR count). The van der Waals surface area contributed by atoms with E-state index in [0.717, 1.165) is 5.57 Å². The fourth-order valence-corrected chi connectivity index (χ4v) is 2.94. The highest BCUT2D eigenvalue weighted by atomic mass is 16.5. The standard InChI is InChI=1S/C15H16N2O2/c1-19-14(18)8-10-9-16-7-6-12-11-4-2-3-5-13(11)17-15(10)12/h2-9,11-13,15,17H,1H3. The number of nitrogens with zero attached hydrogens (tertiary/aromatic N) is 1. The molecule has 1 N–H and O–H groups in total. The van der Waals surface area contributed by atoms with Gasteiger partial charge in [-0.2, -0.15) is 0 Å². The number of fused-ring (bicyclic) bond motifs is 3. The van der Waals surface area contributed by atoms with E-state index in [4.69, 9.17) is 4.74 Å². The van der Waals surface area contributed by atoms with Gasteiger partial charge in [0.2, 0.25) is 0 Å². The number of allylic oxidation sites excluding steroid dienone is 2. The maximum absolute atomic E-state index is 11.5. The van der Waals surface area contributed by atoms with Crippen LogP contribution < -0.4 is 5.32 Å². The molecule has 2 aliphatic heterocycles. The topological polar surface area (TPSA) is 50.7 Å². The van der Waals surface area contributed by atoms with E-state index in [-0.39, 0.29) is 12.0 Å². The molecule has 4 nitrogen and oxygen atoms in total. The number of hydrogen-bond donors (Lipinski definition) is 1. The molecule has 0 amide bonds. The summed E-state index contributed by atoms with van der Waals surface area (Å²) in [5.74, 6) is 0.378. The van der Waals surface area contributed by atoms with Gasteiger partial charge in [-0.15, -0.1) is 0 Å². The highest BCUT2D eigenvalue weighted by molar-refractivity contribution is 5.93. The largest absolute Gasteiger partial charge is 0.466 e. The summed E-state index contributed by atoms with van der Waals surface area (Å²) < 4.78 is 4.71. The van der Waals surface area contributed by atoms with Gasteiger partial charge in [-0.1, -0.05) is 30.4 Å². The zero-order chi connectivity index (χ0) is 13.2. The van der Waals surface area contributed by atoms with Crippen LogP contribution in [0.15, 0.2) is 53.2 Å². The van der Waals surface area contributed by atoms with Gasteiger partial charge < -0.3 is 10.1 Å². The monoisotopic (exact) mass is 256 g/mol. The Morgan fingerprint density at radius 3 is 3.00 bits per heavy atom. The Bertz CT molecular complexity index is 528. The first-order valence-corrected chi connectivity index (χ1v) is 6.40. The van der Waals surface area contributed by atoms with E-state index < -0.39 is 0 Å². The summed E-state index contributed by atoms with van der Waals surface area (Å²) in [5, 5.41) is 3.56. The summed E-state index contributed by atoms with van der Waals surface area (Å²) in [5.41, 5.74) is 0.873. The van der Waals surface area contributed by atoms with Crippen molar-refractivity contribution >= 4 is 12.2 Å². The number of ether oxygens (including phenoxy) is 1. The first-order valence-electron chi connectivity index (χ1n) is 6.40. The van der Waals surface area contributed by atoms with Gasteiger partial charge in [0, 0.05) is 42.4 Å². The van der Waals surface area contributed by atoms with Crippen molar-refractivity contribution in [1.82, 2.24) is 5.32 Å². The first-order chi connectivity index (χ1) is 9.29. The maximum Gasteiger partial charge on any atom is 0.330 e. The van der Waals surface area contributed by atoms with Gasteiger partial charge in [0.1, 0.15) is 0 Å². The molecule has 0 aromatic carbocycles. The Labute approximate surface area is 112 Å². The quantitative estimate of drug-likeness (QED) is 0.569. The van der Waals surface area contributed by atoms with E-state index in [1.165, 1.54) is 13.2 Å². The molecule has 1 aliphatic carbocycles. The molecule has 4 unspecified atom stereocenters. The van der Waals surface area contributed by atoms with Crippen LogP contribution in [0.4, 0.5) is 0 Å². The molecule has 0 spiro atoms. The SMILES string of the molecule is COC(=O)C=C1C=NC=CC2C1NC1C=CC=CC12. The lowest BCUT2D eigenvalue weighted by molar-refractivity contribution is -0.134. The minimum atomic E-state index is -0.343. The Morgan fingerprint density at radius 1 is 1.32 bits per heavy atom. The van der Waals surface area contributed by atoms with Gasteiger partial charge in [0.15, 0.2) is 0 Å². The third-order valence-corrected chi connectivity index (χ3v) is 3.84. The second kappa shape index (κ2) is 4.97. The average molecular weight is 256 g/mol. The van der Waals surface area contributed by atoms with Crippen molar-refractivity contribution in [3.63, 3.8) is 0 Å². The van der Waals surface area contributed by atoms with Crippen molar-refractivity contribution in [2.45, 2.75) is 12.1 Å². The third kappa shape index (κ3) is 2.19. The second-order valence-electron chi connectivity index (χ2n) is 4.88. The van der Waals surface area contributed by atoms with Crippen LogP contribution in [0.1, 0.15) is 0 Å². The molecule has 1 saturated heterocycles. The number of carbonyl (C=O) groups excluding carboxylic acids is 1. The number of esters is 1. The molecule has 4 atom stereocenters. The highest BCUT2D eigenvalue weighted by Crippen LogP contribution is 2.36. The minimum absolute atomic E-state index is 0.101. The lowest BCUT2D eigenvalue weighted by Crippen LogP contribution is -2.33. The zero-order valence-corrected chi connectivity index (χ0v) is 10.7. The van der Waals surface area contributed by atoms with Crippen LogP contribution in [0.2, 0.25) is 0 Å². The molecule has 0 aromatic rings. The maximum atomic E-state index is 11.5. The smallest absolute Gasteiger partial charge is 0.330 e. The van der Waals surface area contributed by atoms with Gasteiger partial charge >= 0.3 is 5.97 Å². The summed E-state index contributed by atoms with van der Waals surface area (Å²) in [6.07, 6.45) is 15.7. The number of hydrogen-bond acceptors (Lipinski definition) is 4. The van der Waals surface area contributed by atoms with Crippen LogP contribution in [-0.2, 0) is 9.53 Å². The molecule has 3 aliphatic rings. The molecule has 0 bridgehead atoms. The fraction of sp³-hybridized carbons (Fsp3) is 0.333. The lowest BCUT2D eigenvalue weighted by Gasteiger charge is -2.19. The normalized spacial score (nSPS) is 37.0. The molecule has 0 saturated carbocycles. The van der Waals surface area contributed by atoms with Crippen LogP contribution in [-0.4, -0.2) is 31.4 Å². The van der Waals surface area contributed by atoms with Gasteiger partial charge in [0.25, 0.3) is 0 Å². The number of rotatable bonds is 1.